The second-order valence-corrected chi connectivity index (χ2v) is 6.96. The second kappa shape index (κ2) is 10.0. The van der Waals surface area contributed by atoms with Gasteiger partial charge in [-0.3, -0.25) is 9.78 Å². The summed E-state index contributed by atoms with van der Waals surface area (Å²) in [5.74, 6) is -1.78. The van der Waals surface area contributed by atoms with Gasteiger partial charge in [-0.05, 0) is 30.9 Å². The minimum atomic E-state index is -0.786. The number of hydrogen-bond donors (Lipinski definition) is 1. The quantitative estimate of drug-likeness (QED) is 0.685. The number of hydrogen-bond acceptors (Lipinski definition) is 6. The lowest BCUT2D eigenvalue weighted by Gasteiger charge is -2.21. The number of rotatable bonds is 8. The Kier molecular flexibility index (Phi) is 7.70. The van der Waals surface area contributed by atoms with E-state index in [1.54, 1.807) is 0 Å². The van der Waals surface area contributed by atoms with Crippen LogP contribution in [0.3, 0.4) is 0 Å². The molecule has 0 aliphatic heterocycles. The van der Waals surface area contributed by atoms with Crippen molar-refractivity contribution in [2.24, 2.45) is 5.92 Å². The van der Waals surface area contributed by atoms with Crippen molar-refractivity contribution in [3.05, 3.63) is 41.1 Å². The highest BCUT2D eigenvalue weighted by Crippen LogP contribution is 2.24. The average Bonchev–Trinajstić information content (AvgIpc) is 2.74. The maximum Gasteiger partial charge on any atom is 0.339 e. The number of carbonyl (C=O) groups excluding carboxylic acids is 3. The van der Waals surface area contributed by atoms with Gasteiger partial charge in [-0.1, -0.05) is 45.4 Å². The fourth-order valence-corrected chi connectivity index (χ4v) is 3.18. The lowest BCUT2D eigenvalue weighted by atomic mass is 9.99. The van der Waals surface area contributed by atoms with Crippen molar-refractivity contribution in [2.45, 2.75) is 46.6 Å². The van der Waals surface area contributed by atoms with Crippen molar-refractivity contribution >= 4 is 28.7 Å². The summed E-state index contributed by atoms with van der Waals surface area (Å²) in [5.41, 5.74) is 2.66. The fraction of sp³-hybridized carbons (Fsp3) is 0.455. The zero-order valence-corrected chi connectivity index (χ0v) is 17.6. The van der Waals surface area contributed by atoms with Crippen LogP contribution < -0.4 is 5.32 Å². The van der Waals surface area contributed by atoms with Crippen LogP contribution in [0.2, 0.25) is 0 Å². The van der Waals surface area contributed by atoms with Crippen LogP contribution in [0.5, 0.6) is 0 Å². The van der Waals surface area contributed by atoms with Crippen molar-refractivity contribution in [3.8, 4) is 0 Å². The van der Waals surface area contributed by atoms with Crippen LogP contribution in [0.15, 0.2) is 24.3 Å². The Morgan fingerprint density at radius 3 is 2.48 bits per heavy atom. The van der Waals surface area contributed by atoms with E-state index in [1.807, 2.05) is 52.0 Å². The van der Waals surface area contributed by atoms with Crippen LogP contribution in [-0.4, -0.2) is 42.6 Å². The Bertz CT molecular complexity index is 909. The summed E-state index contributed by atoms with van der Waals surface area (Å²) in [5, 5.41) is 3.28. The van der Waals surface area contributed by atoms with Gasteiger partial charge in [0.25, 0.3) is 5.91 Å². The van der Waals surface area contributed by atoms with Gasteiger partial charge in [0.2, 0.25) is 0 Å². The average molecular weight is 400 g/mol. The van der Waals surface area contributed by atoms with Crippen LogP contribution in [-0.2, 0) is 25.5 Å². The van der Waals surface area contributed by atoms with Gasteiger partial charge < -0.3 is 14.8 Å². The Hall–Kier alpha value is -2.96. The molecule has 0 bridgehead atoms. The van der Waals surface area contributed by atoms with E-state index in [0.29, 0.717) is 29.3 Å². The van der Waals surface area contributed by atoms with Gasteiger partial charge in [-0.25, -0.2) is 9.59 Å². The molecule has 1 aromatic carbocycles. The van der Waals surface area contributed by atoms with Gasteiger partial charge in [0.05, 0.1) is 18.2 Å². The minimum absolute atomic E-state index is 0.111. The summed E-state index contributed by atoms with van der Waals surface area (Å²) >= 11 is 0. The number of aromatic nitrogens is 1. The number of benzene rings is 1. The normalized spacial score (nSPS) is 12.9. The number of fused-ring (bicyclic) bond motifs is 1. The smallest absolute Gasteiger partial charge is 0.339 e. The van der Waals surface area contributed by atoms with Gasteiger partial charge in [-0.15, -0.1) is 0 Å². The van der Waals surface area contributed by atoms with Crippen LogP contribution in [0.1, 0.15) is 48.8 Å². The van der Waals surface area contributed by atoms with Gasteiger partial charge >= 0.3 is 11.9 Å². The molecule has 2 aromatic rings. The minimum Gasteiger partial charge on any atom is -0.467 e. The van der Waals surface area contributed by atoms with E-state index in [-0.39, 0.29) is 5.92 Å². The predicted molar refractivity (Wildman–Crippen MR) is 110 cm³/mol. The summed E-state index contributed by atoms with van der Waals surface area (Å²) in [6.07, 6.45) is 1.36. The number of aryl methyl sites for hydroxylation is 1. The molecular formula is C22H28N2O5. The third kappa shape index (κ3) is 5.10. The molecule has 0 fully saturated rings. The topological polar surface area (TPSA) is 94.6 Å². The first-order valence-electron chi connectivity index (χ1n) is 9.76. The third-order valence-corrected chi connectivity index (χ3v) is 5.09. The first kappa shape index (κ1) is 22.3. The number of amides is 1. The summed E-state index contributed by atoms with van der Waals surface area (Å²) in [4.78, 5) is 41.6. The summed E-state index contributed by atoms with van der Waals surface area (Å²) in [6, 6.07) is 6.54. The molecule has 1 amide bonds. The fourth-order valence-electron chi connectivity index (χ4n) is 3.18. The van der Waals surface area contributed by atoms with Crippen LogP contribution in [0.25, 0.3) is 10.9 Å². The Balaban J connectivity index is 2.18. The van der Waals surface area contributed by atoms with Crippen molar-refractivity contribution in [3.63, 3.8) is 0 Å². The van der Waals surface area contributed by atoms with Gasteiger partial charge in [0.15, 0.2) is 6.61 Å². The zero-order valence-electron chi connectivity index (χ0n) is 17.6. The Morgan fingerprint density at radius 2 is 1.86 bits per heavy atom. The number of nitrogens with zero attached hydrogens (tertiary/aromatic N) is 1. The highest BCUT2D eigenvalue weighted by molar-refractivity contribution is 6.05. The number of pyridine rings is 1. The molecule has 0 unspecified atom stereocenters. The highest BCUT2D eigenvalue weighted by Gasteiger charge is 2.27. The summed E-state index contributed by atoms with van der Waals surface area (Å²) in [7, 11) is 1.27. The molecule has 1 N–H and O–H groups in total. The molecule has 7 nitrogen and oxygen atoms in total. The standard InChI is InChI=1S/C22H28N2O5/c1-6-13(3)20(22(27)28-5)24-18(25)12-29-21(26)19-14(4)16(7-2)23-17-11-9-8-10-15(17)19/h8-11,13,20H,6-7,12H2,1-5H3,(H,24,25)/t13-,20-/m0/s1. The van der Waals surface area contributed by atoms with Crippen molar-refractivity contribution in [2.75, 3.05) is 13.7 Å². The SMILES string of the molecule is CCc1nc2ccccc2c(C(=O)OCC(=O)N[C@H](C(=O)OC)[C@@H](C)CC)c1C. The second-order valence-electron chi connectivity index (χ2n) is 6.96. The van der Waals surface area contributed by atoms with E-state index in [4.69, 9.17) is 9.47 Å². The van der Waals surface area contributed by atoms with E-state index < -0.39 is 30.5 Å². The van der Waals surface area contributed by atoms with Gasteiger partial charge in [0, 0.05) is 11.1 Å². The summed E-state index contributed by atoms with van der Waals surface area (Å²) < 4.78 is 10.0. The molecule has 1 aromatic heterocycles. The maximum atomic E-state index is 12.8. The van der Waals surface area contributed by atoms with Crippen molar-refractivity contribution < 1.29 is 23.9 Å². The van der Waals surface area contributed by atoms with Gasteiger partial charge in [-0.2, -0.15) is 0 Å². The lowest BCUT2D eigenvalue weighted by molar-refractivity contribution is -0.147. The van der Waals surface area contributed by atoms with Crippen LogP contribution >= 0.6 is 0 Å². The first-order valence-corrected chi connectivity index (χ1v) is 9.76. The van der Waals surface area contributed by atoms with E-state index in [9.17, 15) is 14.4 Å². The molecule has 156 valence electrons. The van der Waals surface area contributed by atoms with Gasteiger partial charge in [0.1, 0.15) is 6.04 Å². The molecule has 0 saturated heterocycles. The highest BCUT2D eigenvalue weighted by atomic mass is 16.5. The zero-order chi connectivity index (χ0) is 21.6. The molecule has 2 atom stereocenters. The first-order chi connectivity index (χ1) is 13.8. The van der Waals surface area contributed by atoms with E-state index in [2.05, 4.69) is 10.3 Å². The van der Waals surface area contributed by atoms with E-state index in [1.165, 1.54) is 7.11 Å². The molecule has 2 rings (SSSR count). The maximum absolute atomic E-state index is 12.8. The largest absolute Gasteiger partial charge is 0.467 e. The molecule has 0 radical (unpaired) electrons. The predicted octanol–water partition coefficient (Wildman–Crippen LogP) is 2.97. The summed E-state index contributed by atoms with van der Waals surface area (Å²) in [6.45, 7) is 7.06. The monoisotopic (exact) mass is 400 g/mol. The van der Waals surface area contributed by atoms with Crippen LogP contribution in [0.4, 0.5) is 0 Å². The Labute approximate surface area is 170 Å². The van der Waals surface area contributed by atoms with E-state index in [0.717, 1.165) is 11.3 Å². The number of esters is 2. The third-order valence-electron chi connectivity index (χ3n) is 5.09. The van der Waals surface area contributed by atoms with Crippen LogP contribution in [0, 0.1) is 12.8 Å². The molecule has 0 saturated carbocycles. The number of para-hydroxylation sites is 1. The number of methoxy groups -OCH3 is 1. The van der Waals surface area contributed by atoms with E-state index >= 15 is 0 Å². The number of nitrogens with one attached hydrogen (secondary N) is 1. The number of carbonyl (C=O) groups is 3. The molecule has 1 heterocycles. The Morgan fingerprint density at radius 1 is 1.17 bits per heavy atom. The molecule has 7 heteroatoms. The molecule has 0 aliphatic rings. The van der Waals surface area contributed by atoms with Crippen molar-refractivity contribution in [1.29, 1.82) is 0 Å². The van der Waals surface area contributed by atoms with Crippen molar-refractivity contribution in [1.82, 2.24) is 10.3 Å². The molecular weight excluding hydrogens is 372 g/mol. The number of ether oxygens (including phenoxy) is 2. The molecule has 0 spiro atoms. The molecule has 29 heavy (non-hydrogen) atoms. The molecule has 0 aliphatic carbocycles. The lowest BCUT2D eigenvalue weighted by Crippen LogP contribution is -2.47.